The molecule has 0 radical (unpaired) electrons. The number of rotatable bonds is 4. The summed E-state index contributed by atoms with van der Waals surface area (Å²) in [7, 11) is 0. The van der Waals surface area contributed by atoms with Gasteiger partial charge in [-0.15, -0.1) is 0 Å². The van der Waals surface area contributed by atoms with Crippen molar-refractivity contribution in [3.63, 3.8) is 0 Å². The first-order chi connectivity index (χ1) is 4.16. The monoisotopic (exact) mass is 146 g/mol. The fourth-order valence-corrected chi connectivity index (χ4v) is 1.86. The summed E-state index contributed by atoms with van der Waals surface area (Å²) in [5, 5.41) is 0. The molecule has 0 amide bonds. The van der Waals surface area contributed by atoms with Gasteiger partial charge in [0.2, 0.25) is 0 Å². The predicted octanol–water partition coefficient (Wildman–Crippen LogP) is 3.03. The Balaban J connectivity index is 3.15. The third-order valence-electron chi connectivity index (χ3n) is 1.32. The Hall–Kier alpha value is 0.350. The maximum absolute atomic E-state index is 2.33. The molecule has 0 saturated carbocycles. The third-order valence-corrected chi connectivity index (χ3v) is 2.23. The molecule has 0 fully saturated rings. The zero-order valence-corrected chi connectivity index (χ0v) is 7.79. The van der Waals surface area contributed by atoms with E-state index < -0.39 is 0 Å². The molecular formula is C8H18S. The second-order valence-corrected chi connectivity index (χ2v) is 4.10. The number of thioether (sulfide) groups is 1. The fourth-order valence-electron chi connectivity index (χ4n) is 1.16. The van der Waals surface area contributed by atoms with Gasteiger partial charge in [-0.05, 0) is 30.3 Å². The maximum atomic E-state index is 2.33. The van der Waals surface area contributed by atoms with Crippen molar-refractivity contribution < 1.29 is 0 Å². The summed E-state index contributed by atoms with van der Waals surface area (Å²) >= 11 is 1.95. The van der Waals surface area contributed by atoms with Gasteiger partial charge < -0.3 is 0 Å². The van der Waals surface area contributed by atoms with Crippen LogP contribution >= 0.6 is 11.8 Å². The molecule has 0 saturated heterocycles. The Morgan fingerprint density at radius 2 is 1.78 bits per heavy atom. The summed E-state index contributed by atoms with van der Waals surface area (Å²) < 4.78 is 0. The molecule has 0 aromatic carbocycles. The Bertz CT molecular complexity index is 59.6. The van der Waals surface area contributed by atoms with Crippen LogP contribution in [0.2, 0.25) is 0 Å². The van der Waals surface area contributed by atoms with Crippen LogP contribution in [0.4, 0.5) is 0 Å². The van der Waals surface area contributed by atoms with Crippen LogP contribution < -0.4 is 0 Å². The van der Waals surface area contributed by atoms with Crippen molar-refractivity contribution in [2.75, 3.05) is 12.0 Å². The lowest BCUT2D eigenvalue weighted by Crippen LogP contribution is -2.01. The van der Waals surface area contributed by atoms with E-state index in [0.29, 0.717) is 0 Å². The van der Waals surface area contributed by atoms with E-state index in [1.807, 2.05) is 11.8 Å². The summed E-state index contributed by atoms with van der Waals surface area (Å²) in [6.45, 7) is 6.91. The quantitative estimate of drug-likeness (QED) is 0.587. The van der Waals surface area contributed by atoms with E-state index in [2.05, 4.69) is 27.0 Å². The lowest BCUT2D eigenvalue weighted by molar-refractivity contribution is 0.475. The average molecular weight is 146 g/mol. The second kappa shape index (κ2) is 5.16. The van der Waals surface area contributed by atoms with Crippen molar-refractivity contribution in [2.24, 2.45) is 11.8 Å². The predicted molar refractivity (Wildman–Crippen MR) is 47.0 cm³/mol. The lowest BCUT2D eigenvalue weighted by Gasteiger charge is -2.11. The average Bonchev–Trinajstić information content (AvgIpc) is 1.63. The molecule has 0 aromatic heterocycles. The summed E-state index contributed by atoms with van der Waals surface area (Å²) in [6.07, 6.45) is 3.55. The van der Waals surface area contributed by atoms with Crippen LogP contribution in [0.15, 0.2) is 0 Å². The highest BCUT2D eigenvalue weighted by atomic mass is 32.2. The van der Waals surface area contributed by atoms with Gasteiger partial charge in [0.15, 0.2) is 0 Å². The maximum Gasteiger partial charge on any atom is -0.00444 e. The Kier molecular flexibility index (Phi) is 5.36. The molecule has 0 heterocycles. The van der Waals surface area contributed by atoms with E-state index >= 15 is 0 Å². The van der Waals surface area contributed by atoms with Crippen LogP contribution in [0.3, 0.4) is 0 Å². The van der Waals surface area contributed by atoms with E-state index in [0.717, 1.165) is 11.8 Å². The number of hydrogen-bond acceptors (Lipinski definition) is 1. The van der Waals surface area contributed by atoms with Crippen LogP contribution in [0.1, 0.15) is 27.2 Å². The van der Waals surface area contributed by atoms with Crippen molar-refractivity contribution >= 4 is 11.8 Å². The number of hydrogen-bond donors (Lipinski definition) is 0. The molecule has 0 nitrogen and oxygen atoms in total. The molecule has 1 heteroatoms. The second-order valence-electron chi connectivity index (χ2n) is 3.19. The van der Waals surface area contributed by atoms with E-state index in [9.17, 15) is 0 Å². The fraction of sp³-hybridized carbons (Fsp3) is 1.00. The van der Waals surface area contributed by atoms with Gasteiger partial charge in [0.05, 0.1) is 0 Å². The van der Waals surface area contributed by atoms with Gasteiger partial charge in [-0.25, -0.2) is 0 Å². The lowest BCUT2D eigenvalue weighted by atomic mass is 10.0. The summed E-state index contributed by atoms with van der Waals surface area (Å²) in [5.41, 5.74) is 0. The summed E-state index contributed by atoms with van der Waals surface area (Å²) in [6, 6.07) is 0. The van der Waals surface area contributed by atoms with Crippen molar-refractivity contribution in [3.8, 4) is 0 Å². The first kappa shape index (κ1) is 9.35. The highest BCUT2D eigenvalue weighted by Gasteiger charge is 2.02. The van der Waals surface area contributed by atoms with Gasteiger partial charge in [-0.1, -0.05) is 20.8 Å². The van der Waals surface area contributed by atoms with Crippen molar-refractivity contribution in [1.29, 1.82) is 0 Å². The molecule has 0 bridgehead atoms. The molecule has 0 aliphatic rings. The topological polar surface area (TPSA) is 0 Å². The van der Waals surface area contributed by atoms with Crippen LogP contribution in [0, 0.1) is 11.8 Å². The Morgan fingerprint density at radius 1 is 1.22 bits per heavy atom. The highest BCUT2D eigenvalue weighted by molar-refractivity contribution is 7.98. The van der Waals surface area contributed by atoms with E-state index in [1.54, 1.807) is 0 Å². The molecule has 0 aliphatic heterocycles. The van der Waals surface area contributed by atoms with Crippen molar-refractivity contribution in [3.05, 3.63) is 0 Å². The van der Waals surface area contributed by atoms with Gasteiger partial charge in [0.1, 0.15) is 0 Å². The molecule has 9 heavy (non-hydrogen) atoms. The van der Waals surface area contributed by atoms with Crippen LogP contribution in [-0.2, 0) is 0 Å². The molecular weight excluding hydrogens is 128 g/mol. The highest BCUT2D eigenvalue weighted by Crippen LogP contribution is 2.14. The standard InChI is InChI=1S/C8H18S/c1-7(2)5-8(3)6-9-4/h7-8H,5-6H2,1-4H3. The van der Waals surface area contributed by atoms with E-state index in [-0.39, 0.29) is 0 Å². The Morgan fingerprint density at radius 3 is 2.11 bits per heavy atom. The minimum atomic E-state index is 0.868. The van der Waals surface area contributed by atoms with Crippen LogP contribution in [-0.4, -0.2) is 12.0 Å². The molecule has 1 unspecified atom stereocenters. The zero-order valence-electron chi connectivity index (χ0n) is 6.98. The molecule has 0 aliphatic carbocycles. The van der Waals surface area contributed by atoms with Crippen LogP contribution in [0.25, 0.3) is 0 Å². The van der Waals surface area contributed by atoms with Gasteiger partial charge >= 0.3 is 0 Å². The van der Waals surface area contributed by atoms with Gasteiger partial charge in [0, 0.05) is 0 Å². The summed E-state index contributed by atoms with van der Waals surface area (Å²) in [5.74, 6) is 3.09. The van der Waals surface area contributed by atoms with Crippen molar-refractivity contribution in [1.82, 2.24) is 0 Å². The Labute approximate surface area is 63.4 Å². The SMILES string of the molecule is CSCC(C)CC(C)C. The first-order valence-electron chi connectivity index (χ1n) is 3.65. The normalized spacial score (nSPS) is 14.3. The molecule has 0 spiro atoms. The third kappa shape index (κ3) is 6.23. The molecule has 0 N–H and O–H groups in total. The van der Waals surface area contributed by atoms with E-state index in [4.69, 9.17) is 0 Å². The molecule has 0 aromatic rings. The van der Waals surface area contributed by atoms with E-state index in [1.165, 1.54) is 12.2 Å². The summed E-state index contributed by atoms with van der Waals surface area (Å²) in [4.78, 5) is 0. The van der Waals surface area contributed by atoms with Gasteiger partial charge in [-0.2, -0.15) is 11.8 Å². The zero-order chi connectivity index (χ0) is 7.28. The largest absolute Gasteiger partial charge is 0.165 e. The van der Waals surface area contributed by atoms with Gasteiger partial charge in [-0.3, -0.25) is 0 Å². The molecule has 1 atom stereocenters. The smallest absolute Gasteiger partial charge is 0.00444 e. The minimum Gasteiger partial charge on any atom is -0.165 e. The molecule has 56 valence electrons. The van der Waals surface area contributed by atoms with Crippen LogP contribution in [0.5, 0.6) is 0 Å². The van der Waals surface area contributed by atoms with Gasteiger partial charge in [0.25, 0.3) is 0 Å². The first-order valence-corrected chi connectivity index (χ1v) is 5.05. The minimum absolute atomic E-state index is 0.868. The molecule has 0 rings (SSSR count). The van der Waals surface area contributed by atoms with Crippen molar-refractivity contribution in [2.45, 2.75) is 27.2 Å².